The fraction of sp³-hybridized carbons (Fsp3) is 0.158. The summed E-state index contributed by atoms with van der Waals surface area (Å²) >= 11 is 0. The highest BCUT2D eigenvalue weighted by atomic mass is 15.4. The molecule has 0 radical (unpaired) electrons. The first kappa shape index (κ1) is 27.5. The molecule has 2 aromatic heterocycles. The van der Waals surface area contributed by atoms with E-state index in [0.717, 1.165) is 33.6 Å². The topological polar surface area (TPSA) is 61.4 Å². The van der Waals surface area contributed by atoms with E-state index in [2.05, 4.69) is 147 Å². The summed E-state index contributed by atoms with van der Waals surface area (Å²) in [7, 11) is 0. The number of nitrogens with zero attached hydrogens (tertiary/aromatic N) is 6. The SMILES string of the molecule is CC(C)(C)c1cc(-c2cn(Cc3ccccc3)nn2)c(-c2cccc3ccccc23)c(-c2cn(Cc3ccccc3)nn2)c1. The number of hydrogen-bond acceptors (Lipinski definition) is 4. The van der Waals surface area contributed by atoms with Gasteiger partial charge in [-0.05, 0) is 50.6 Å². The molecule has 0 amide bonds. The Kier molecular flexibility index (Phi) is 7.10. The number of rotatable bonds is 7. The van der Waals surface area contributed by atoms with Gasteiger partial charge in [0.2, 0.25) is 0 Å². The molecule has 6 heteroatoms. The lowest BCUT2D eigenvalue weighted by Crippen LogP contribution is -2.12. The predicted molar refractivity (Wildman–Crippen MR) is 177 cm³/mol. The fourth-order valence-electron chi connectivity index (χ4n) is 5.75. The van der Waals surface area contributed by atoms with Crippen LogP contribution in [0, 0.1) is 0 Å². The third-order valence-corrected chi connectivity index (χ3v) is 8.07. The quantitative estimate of drug-likeness (QED) is 0.192. The van der Waals surface area contributed by atoms with Crippen LogP contribution in [0.1, 0.15) is 37.5 Å². The largest absolute Gasteiger partial charge is 0.247 e. The van der Waals surface area contributed by atoms with Crippen LogP contribution in [-0.2, 0) is 18.5 Å². The molecule has 0 fully saturated rings. The summed E-state index contributed by atoms with van der Waals surface area (Å²) < 4.78 is 3.83. The predicted octanol–water partition coefficient (Wildman–Crippen LogP) is 8.42. The molecule has 0 saturated carbocycles. The van der Waals surface area contributed by atoms with Crippen LogP contribution >= 0.6 is 0 Å². The zero-order chi connectivity index (χ0) is 30.1. The van der Waals surface area contributed by atoms with Crippen molar-refractivity contribution < 1.29 is 0 Å². The molecule has 5 aromatic carbocycles. The lowest BCUT2D eigenvalue weighted by atomic mass is 9.80. The van der Waals surface area contributed by atoms with Gasteiger partial charge in [0.15, 0.2) is 0 Å². The highest BCUT2D eigenvalue weighted by molar-refractivity contribution is 6.04. The number of hydrogen-bond donors (Lipinski definition) is 0. The van der Waals surface area contributed by atoms with Gasteiger partial charge in [0, 0.05) is 16.7 Å². The number of benzene rings is 5. The van der Waals surface area contributed by atoms with Gasteiger partial charge < -0.3 is 0 Å². The van der Waals surface area contributed by atoms with E-state index in [1.54, 1.807) is 0 Å². The summed E-state index contributed by atoms with van der Waals surface area (Å²) in [6.07, 6.45) is 4.11. The molecule has 0 saturated heterocycles. The monoisotopic (exact) mass is 574 g/mol. The van der Waals surface area contributed by atoms with Crippen molar-refractivity contribution in [3.63, 3.8) is 0 Å². The summed E-state index contributed by atoms with van der Waals surface area (Å²) in [4.78, 5) is 0. The first-order valence-electron chi connectivity index (χ1n) is 15.0. The summed E-state index contributed by atoms with van der Waals surface area (Å²) in [6, 6.07) is 40.3. The van der Waals surface area contributed by atoms with Crippen molar-refractivity contribution in [1.29, 1.82) is 0 Å². The maximum Gasteiger partial charge on any atom is 0.113 e. The molecule has 0 aliphatic heterocycles. The minimum absolute atomic E-state index is 0.110. The molecule has 7 rings (SSSR count). The van der Waals surface area contributed by atoms with Gasteiger partial charge in [-0.3, -0.25) is 0 Å². The van der Waals surface area contributed by atoms with Crippen molar-refractivity contribution in [3.8, 4) is 33.6 Å². The van der Waals surface area contributed by atoms with Crippen LogP contribution in [0.5, 0.6) is 0 Å². The maximum absolute atomic E-state index is 4.74. The summed E-state index contributed by atoms with van der Waals surface area (Å²) in [5, 5.41) is 21.0. The summed E-state index contributed by atoms with van der Waals surface area (Å²) in [5.74, 6) is 0. The maximum atomic E-state index is 4.74. The molecule has 0 aliphatic carbocycles. The van der Waals surface area contributed by atoms with Crippen LogP contribution < -0.4 is 0 Å². The average molecular weight is 575 g/mol. The van der Waals surface area contributed by atoms with Gasteiger partial charge >= 0.3 is 0 Å². The molecule has 7 aromatic rings. The zero-order valence-electron chi connectivity index (χ0n) is 25.2. The second kappa shape index (κ2) is 11.4. The molecule has 0 N–H and O–H groups in total. The summed E-state index contributed by atoms with van der Waals surface area (Å²) in [5.41, 5.74) is 9.36. The van der Waals surface area contributed by atoms with Gasteiger partial charge in [0.1, 0.15) is 11.4 Å². The van der Waals surface area contributed by atoms with Crippen molar-refractivity contribution in [2.45, 2.75) is 39.3 Å². The average Bonchev–Trinajstić information content (AvgIpc) is 3.71. The van der Waals surface area contributed by atoms with E-state index in [1.807, 2.05) is 21.5 Å². The Bertz CT molecular complexity index is 1940. The lowest BCUT2D eigenvalue weighted by molar-refractivity contribution is 0.590. The normalized spacial score (nSPS) is 11.7. The Hall–Kier alpha value is -5.36. The van der Waals surface area contributed by atoms with Crippen LogP contribution in [-0.4, -0.2) is 30.0 Å². The van der Waals surface area contributed by atoms with Crippen molar-refractivity contribution >= 4 is 10.8 Å². The van der Waals surface area contributed by atoms with E-state index in [-0.39, 0.29) is 5.41 Å². The van der Waals surface area contributed by atoms with E-state index in [0.29, 0.717) is 13.1 Å². The molecule has 0 spiro atoms. The minimum Gasteiger partial charge on any atom is -0.247 e. The molecule has 0 atom stereocenters. The second-order valence-corrected chi connectivity index (χ2v) is 12.3. The van der Waals surface area contributed by atoms with Crippen LogP contribution in [0.15, 0.2) is 128 Å². The third-order valence-electron chi connectivity index (χ3n) is 8.07. The first-order chi connectivity index (χ1) is 21.4. The molecule has 0 bridgehead atoms. The molecule has 0 aliphatic rings. The van der Waals surface area contributed by atoms with Crippen molar-refractivity contribution in [3.05, 3.63) is 144 Å². The summed E-state index contributed by atoms with van der Waals surface area (Å²) in [6.45, 7) is 8.03. The van der Waals surface area contributed by atoms with Gasteiger partial charge in [-0.2, -0.15) is 0 Å². The van der Waals surface area contributed by atoms with E-state index >= 15 is 0 Å². The van der Waals surface area contributed by atoms with Crippen molar-refractivity contribution in [2.24, 2.45) is 0 Å². The first-order valence-corrected chi connectivity index (χ1v) is 15.0. The Morgan fingerprint density at radius 3 is 1.59 bits per heavy atom. The van der Waals surface area contributed by atoms with Crippen LogP contribution in [0.2, 0.25) is 0 Å². The fourth-order valence-corrected chi connectivity index (χ4v) is 5.75. The highest BCUT2D eigenvalue weighted by Gasteiger charge is 2.25. The Labute approximate surface area is 257 Å². The van der Waals surface area contributed by atoms with Gasteiger partial charge in [0.05, 0.1) is 25.5 Å². The number of aromatic nitrogens is 6. The minimum atomic E-state index is -0.110. The van der Waals surface area contributed by atoms with Crippen LogP contribution in [0.3, 0.4) is 0 Å². The van der Waals surface area contributed by atoms with Crippen molar-refractivity contribution in [2.75, 3.05) is 0 Å². The van der Waals surface area contributed by atoms with Crippen LogP contribution in [0.25, 0.3) is 44.4 Å². The number of fused-ring (bicyclic) bond motifs is 1. The Balaban J connectivity index is 1.45. The van der Waals surface area contributed by atoms with E-state index < -0.39 is 0 Å². The third kappa shape index (κ3) is 5.54. The molecule has 216 valence electrons. The van der Waals surface area contributed by atoms with Crippen molar-refractivity contribution in [1.82, 2.24) is 30.0 Å². The molecule has 2 heterocycles. The van der Waals surface area contributed by atoms with E-state index in [4.69, 9.17) is 10.2 Å². The van der Waals surface area contributed by atoms with Crippen LogP contribution in [0.4, 0.5) is 0 Å². The molecular weight excluding hydrogens is 540 g/mol. The molecular formula is C38H34N6. The lowest BCUT2D eigenvalue weighted by Gasteiger charge is -2.24. The highest BCUT2D eigenvalue weighted by Crippen LogP contribution is 2.44. The molecule has 44 heavy (non-hydrogen) atoms. The molecule has 6 nitrogen and oxygen atoms in total. The van der Waals surface area contributed by atoms with E-state index in [1.165, 1.54) is 27.5 Å². The Morgan fingerprint density at radius 1 is 0.545 bits per heavy atom. The van der Waals surface area contributed by atoms with Gasteiger partial charge in [-0.15, -0.1) is 10.2 Å². The van der Waals surface area contributed by atoms with Gasteiger partial charge in [-0.1, -0.05) is 134 Å². The second-order valence-electron chi connectivity index (χ2n) is 12.3. The Morgan fingerprint density at radius 2 is 1.05 bits per heavy atom. The van der Waals surface area contributed by atoms with Gasteiger partial charge in [0.25, 0.3) is 0 Å². The van der Waals surface area contributed by atoms with E-state index in [9.17, 15) is 0 Å². The van der Waals surface area contributed by atoms with Gasteiger partial charge in [-0.25, -0.2) is 9.36 Å². The standard InChI is InChI=1S/C38H34N6/c1-38(2,3)30-21-33(35-25-43(41-39-35)23-27-13-6-4-7-14-27)37(32-20-12-18-29-17-10-11-19-31(29)32)34(22-30)36-26-44(42-40-36)24-28-15-8-5-9-16-28/h4-22,25-26H,23-24H2,1-3H3. The molecule has 0 unspecified atom stereocenters. The smallest absolute Gasteiger partial charge is 0.113 e. The zero-order valence-corrected chi connectivity index (χ0v) is 25.2.